The van der Waals surface area contributed by atoms with Crippen LogP contribution in [0.5, 0.6) is 0 Å². The van der Waals surface area contributed by atoms with E-state index in [0.717, 1.165) is 33.6 Å². The van der Waals surface area contributed by atoms with Gasteiger partial charge >= 0.3 is 0 Å². The van der Waals surface area contributed by atoms with E-state index in [2.05, 4.69) is 27.7 Å². The lowest BCUT2D eigenvalue weighted by Gasteiger charge is -2.23. The Hall–Kier alpha value is -2.08. The zero-order valence-electron chi connectivity index (χ0n) is 18.8. The highest BCUT2D eigenvalue weighted by Crippen LogP contribution is 2.37. The van der Waals surface area contributed by atoms with Crippen LogP contribution in [0.2, 0.25) is 0 Å². The number of ether oxygens (including phenoxy) is 1. The van der Waals surface area contributed by atoms with Gasteiger partial charge in [-0.1, -0.05) is 52.0 Å². The van der Waals surface area contributed by atoms with Gasteiger partial charge in [0.05, 0.1) is 24.5 Å². The maximum absolute atomic E-state index is 13.6. The summed E-state index contributed by atoms with van der Waals surface area (Å²) in [5.74, 6) is 0.0382. The predicted molar refractivity (Wildman–Crippen MR) is 120 cm³/mol. The van der Waals surface area contributed by atoms with Crippen LogP contribution >= 0.6 is 0 Å². The van der Waals surface area contributed by atoms with Crippen LogP contribution in [0.1, 0.15) is 75.4 Å². The monoisotopic (exact) mass is 415 g/mol. The Morgan fingerprint density at radius 3 is 2.10 bits per heavy atom. The Labute approximate surface area is 179 Å². The fraction of sp³-hybridized carbons (Fsp3) is 0.480. The molecule has 0 spiro atoms. The minimum atomic E-state index is -0.776. The van der Waals surface area contributed by atoms with Crippen LogP contribution in [0.4, 0.5) is 4.39 Å². The summed E-state index contributed by atoms with van der Waals surface area (Å²) in [4.78, 5) is 5.00. The number of halogens is 1. The predicted octanol–water partition coefficient (Wildman–Crippen LogP) is 5.43. The van der Waals surface area contributed by atoms with Gasteiger partial charge in [0, 0.05) is 30.4 Å². The molecule has 2 aromatic rings. The van der Waals surface area contributed by atoms with Crippen LogP contribution in [0.25, 0.3) is 17.2 Å². The molecule has 1 heterocycles. The van der Waals surface area contributed by atoms with E-state index in [1.807, 2.05) is 6.08 Å². The molecular formula is C25H34FNO3. The zero-order chi connectivity index (χ0) is 22.4. The smallest absolute Gasteiger partial charge is 0.123 e. The highest BCUT2D eigenvalue weighted by molar-refractivity contribution is 5.80. The van der Waals surface area contributed by atoms with Crippen molar-refractivity contribution in [2.75, 3.05) is 7.11 Å². The quantitative estimate of drug-likeness (QED) is 0.574. The maximum Gasteiger partial charge on any atom is 0.123 e. The number of aromatic nitrogens is 1. The van der Waals surface area contributed by atoms with E-state index in [1.54, 1.807) is 32.2 Å². The van der Waals surface area contributed by atoms with Gasteiger partial charge in [0.2, 0.25) is 0 Å². The molecule has 0 amide bonds. The molecule has 2 unspecified atom stereocenters. The summed E-state index contributed by atoms with van der Waals surface area (Å²) >= 11 is 0. The Kier molecular flexibility index (Phi) is 8.71. The maximum atomic E-state index is 13.6. The Morgan fingerprint density at radius 2 is 1.60 bits per heavy atom. The van der Waals surface area contributed by atoms with Crippen molar-refractivity contribution in [3.05, 3.63) is 58.7 Å². The molecule has 4 nitrogen and oxygen atoms in total. The minimum Gasteiger partial charge on any atom is -0.393 e. The van der Waals surface area contributed by atoms with Crippen LogP contribution in [0.15, 0.2) is 30.3 Å². The fourth-order valence-corrected chi connectivity index (χ4v) is 3.63. The molecule has 1 aromatic carbocycles. The number of methoxy groups -OCH3 is 1. The summed E-state index contributed by atoms with van der Waals surface area (Å²) in [6.45, 7) is 10.4. The summed E-state index contributed by atoms with van der Waals surface area (Å²) in [5.41, 5.74) is 5.55. The number of pyridine rings is 1. The summed E-state index contributed by atoms with van der Waals surface area (Å²) in [6.07, 6.45) is 2.44. The molecule has 0 radical (unpaired) electrons. The average Bonchev–Trinajstić information content (AvgIpc) is 2.66. The largest absolute Gasteiger partial charge is 0.393 e. The number of nitrogens with zero attached hydrogens (tertiary/aromatic N) is 1. The van der Waals surface area contributed by atoms with E-state index in [-0.39, 0.29) is 24.1 Å². The molecule has 0 fully saturated rings. The molecule has 164 valence electrons. The Bertz CT molecular complexity index is 858. The van der Waals surface area contributed by atoms with Crippen molar-refractivity contribution in [2.45, 2.75) is 71.7 Å². The fourth-order valence-electron chi connectivity index (χ4n) is 3.63. The lowest BCUT2D eigenvalue weighted by molar-refractivity contribution is 0.117. The first kappa shape index (κ1) is 24.2. The third-order valence-electron chi connectivity index (χ3n) is 4.98. The van der Waals surface area contributed by atoms with Crippen LogP contribution in [-0.2, 0) is 11.3 Å². The van der Waals surface area contributed by atoms with Gasteiger partial charge in [-0.05, 0) is 42.0 Å². The molecule has 0 aliphatic rings. The topological polar surface area (TPSA) is 62.6 Å². The highest BCUT2D eigenvalue weighted by atomic mass is 19.1. The molecule has 2 atom stereocenters. The molecule has 2 rings (SSSR count). The van der Waals surface area contributed by atoms with Gasteiger partial charge in [-0.15, -0.1) is 0 Å². The first-order valence-corrected chi connectivity index (χ1v) is 10.5. The summed E-state index contributed by atoms with van der Waals surface area (Å²) < 4.78 is 19.2. The van der Waals surface area contributed by atoms with E-state index in [1.165, 1.54) is 12.1 Å². The van der Waals surface area contributed by atoms with Gasteiger partial charge in [0.25, 0.3) is 0 Å². The molecule has 5 heteroatoms. The average molecular weight is 416 g/mol. The number of hydrogen-bond donors (Lipinski definition) is 2. The Morgan fingerprint density at radius 1 is 1.00 bits per heavy atom. The second-order valence-electron chi connectivity index (χ2n) is 8.41. The van der Waals surface area contributed by atoms with Gasteiger partial charge in [0.15, 0.2) is 0 Å². The zero-order valence-corrected chi connectivity index (χ0v) is 18.8. The van der Waals surface area contributed by atoms with E-state index < -0.39 is 12.2 Å². The molecule has 0 aliphatic heterocycles. The molecule has 0 aliphatic carbocycles. The molecule has 0 saturated heterocycles. The molecule has 30 heavy (non-hydrogen) atoms. The van der Waals surface area contributed by atoms with Gasteiger partial charge in [-0.2, -0.15) is 0 Å². The van der Waals surface area contributed by atoms with Crippen LogP contribution in [0.3, 0.4) is 0 Å². The molecular weight excluding hydrogens is 381 g/mol. The number of aliphatic hydroxyl groups is 2. The summed E-state index contributed by atoms with van der Waals surface area (Å²) in [7, 11) is 1.65. The molecule has 0 bridgehead atoms. The van der Waals surface area contributed by atoms with E-state index in [0.29, 0.717) is 6.61 Å². The van der Waals surface area contributed by atoms with E-state index in [9.17, 15) is 14.6 Å². The Balaban J connectivity index is 2.82. The minimum absolute atomic E-state index is 0.145. The van der Waals surface area contributed by atoms with Crippen molar-refractivity contribution >= 4 is 6.08 Å². The van der Waals surface area contributed by atoms with Gasteiger partial charge in [0.1, 0.15) is 5.82 Å². The third kappa shape index (κ3) is 5.97. The van der Waals surface area contributed by atoms with Crippen molar-refractivity contribution in [1.29, 1.82) is 0 Å². The van der Waals surface area contributed by atoms with E-state index in [4.69, 9.17) is 9.72 Å². The van der Waals surface area contributed by atoms with Gasteiger partial charge in [-0.25, -0.2) is 4.39 Å². The van der Waals surface area contributed by atoms with Crippen LogP contribution < -0.4 is 0 Å². The third-order valence-corrected chi connectivity index (χ3v) is 4.98. The normalized spacial score (nSPS) is 14.1. The first-order valence-electron chi connectivity index (χ1n) is 10.5. The number of aliphatic hydroxyl groups excluding tert-OH is 2. The van der Waals surface area contributed by atoms with E-state index >= 15 is 0 Å². The first-order chi connectivity index (χ1) is 14.1. The second-order valence-corrected chi connectivity index (χ2v) is 8.41. The number of rotatable bonds is 9. The van der Waals surface area contributed by atoms with Crippen molar-refractivity contribution in [1.82, 2.24) is 4.98 Å². The van der Waals surface area contributed by atoms with Crippen LogP contribution in [-0.4, -0.2) is 34.5 Å². The van der Waals surface area contributed by atoms with Crippen molar-refractivity contribution in [3.63, 3.8) is 0 Å². The van der Waals surface area contributed by atoms with Crippen LogP contribution in [0, 0.1) is 5.82 Å². The number of benzene rings is 1. The van der Waals surface area contributed by atoms with Crippen molar-refractivity contribution in [3.8, 4) is 11.1 Å². The van der Waals surface area contributed by atoms with Gasteiger partial charge in [-0.3, -0.25) is 4.98 Å². The van der Waals surface area contributed by atoms with Gasteiger partial charge < -0.3 is 14.9 Å². The summed E-state index contributed by atoms with van der Waals surface area (Å²) in [5, 5.41) is 19.9. The van der Waals surface area contributed by atoms with Crippen molar-refractivity contribution < 1.29 is 19.3 Å². The number of hydrogen-bond acceptors (Lipinski definition) is 4. The molecule has 1 aromatic heterocycles. The molecule has 2 N–H and O–H groups in total. The summed E-state index contributed by atoms with van der Waals surface area (Å²) in [6, 6.07) is 6.43. The lowest BCUT2D eigenvalue weighted by Crippen LogP contribution is -2.13. The standard InChI is InChI=1S/C25H34FNO3/c1-15(2)24-21(12-11-20(29)13-17(5)28)23(18-7-9-19(26)10-8-18)22(14-30-6)25(27-24)16(3)4/h7-12,15-17,20,28-29H,13-14H2,1-6H3/b12-11+. The molecule has 0 saturated carbocycles. The lowest BCUT2D eigenvalue weighted by atomic mass is 9.87. The highest BCUT2D eigenvalue weighted by Gasteiger charge is 2.23. The second kappa shape index (κ2) is 10.8. The SMILES string of the molecule is COCc1c(C(C)C)nc(C(C)C)c(/C=C/C(O)CC(C)O)c1-c1ccc(F)cc1. The van der Waals surface area contributed by atoms with Crippen molar-refractivity contribution in [2.24, 2.45) is 0 Å².